The van der Waals surface area contributed by atoms with E-state index in [9.17, 15) is 18.6 Å². The Balaban J connectivity index is 2.19. The summed E-state index contributed by atoms with van der Waals surface area (Å²) in [6.07, 6.45) is -2.29. The summed E-state index contributed by atoms with van der Waals surface area (Å²) in [6, 6.07) is 14.3. The average molecular weight is 390 g/mol. The van der Waals surface area contributed by atoms with Crippen LogP contribution in [0.4, 0.5) is 0 Å². The number of hydrogen-bond acceptors (Lipinski definition) is 4. The molecule has 1 aliphatic rings. The Morgan fingerprint density at radius 3 is 2.07 bits per heavy atom. The summed E-state index contributed by atoms with van der Waals surface area (Å²) in [5.41, 5.74) is 0.806. The highest BCUT2D eigenvalue weighted by atomic mass is 32.2. The van der Waals surface area contributed by atoms with Gasteiger partial charge in [0.25, 0.3) is 0 Å². The van der Waals surface area contributed by atoms with Crippen LogP contribution in [0.25, 0.3) is 0 Å². The van der Waals surface area contributed by atoms with E-state index in [0.29, 0.717) is 5.56 Å². The van der Waals surface area contributed by atoms with Crippen LogP contribution in [0.1, 0.15) is 37.9 Å². The first-order valence-electron chi connectivity index (χ1n) is 9.09. The van der Waals surface area contributed by atoms with E-state index in [4.69, 9.17) is 0 Å². The summed E-state index contributed by atoms with van der Waals surface area (Å²) in [5, 5.41) is 21.6. The van der Waals surface area contributed by atoms with Crippen LogP contribution in [0, 0.1) is 12.3 Å². The normalized spacial score (nSPS) is 28.8. The minimum absolute atomic E-state index is 0.181. The Morgan fingerprint density at radius 1 is 0.963 bits per heavy atom. The van der Waals surface area contributed by atoms with Crippen molar-refractivity contribution in [1.29, 1.82) is 0 Å². The lowest BCUT2D eigenvalue weighted by atomic mass is 9.71. The maximum Gasteiger partial charge on any atom is 0.243 e. The van der Waals surface area contributed by atoms with Gasteiger partial charge in [0.05, 0.1) is 17.0 Å². The monoisotopic (exact) mass is 389 g/mol. The van der Waals surface area contributed by atoms with Gasteiger partial charge >= 0.3 is 0 Å². The van der Waals surface area contributed by atoms with Crippen LogP contribution in [-0.2, 0) is 10.0 Å². The number of benzene rings is 2. The SMILES string of the molecule is Cc1ccc(S(=O)(=O)N2[C@@H](c3ccccc3)[C@H](O)[C@H](O)C(C)(C)[C@H]2C)cc1. The second-order valence-corrected chi connectivity index (χ2v) is 9.78. The van der Waals surface area contributed by atoms with Crippen molar-refractivity contribution in [2.24, 2.45) is 5.41 Å². The number of hydrogen-bond donors (Lipinski definition) is 2. The van der Waals surface area contributed by atoms with E-state index in [1.54, 1.807) is 69.3 Å². The van der Waals surface area contributed by atoms with Gasteiger partial charge in [-0.25, -0.2) is 8.42 Å². The molecule has 0 spiro atoms. The van der Waals surface area contributed by atoms with Crippen LogP contribution in [-0.4, -0.2) is 41.2 Å². The molecule has 27 heavy (non-hydrogen) atoms. The summed E-state index contributed by atoms with van der Waals surface area (Å²) in [4.78, 5) is 0.181. The Morgan fingerprint density at radius 2 is 1.52 bits per heavy atom. The minimum atomic E-state index is -3.89. The van der Waals surface area contributed by atoms with Crippen molar-refractivity contribution in [2.45, 2.75) is 56.9 Å². The van der Waals surface area contributed by atoms with Crippen molar-refractivity contribution in [3.8, 4) is 0 Å². The molecular formula is C21H27NO4S. The summed E-state index contributed by atoms with van der Waals surface area (Å²) in [5.74, 6) is 0. The van der Waals surface area contributed by atoms with Gasteiger partial charge in [0.2, 0.25) is 10.0 Å². The third-order valence-electron chi connectivity index (χ3n) is 5.88. The number of sulfonamides is 1. The highest BCUT2D eigenvalue weighted by molar-refractivity contribution is 7.89. The number of aliphatic hydroxyl groups excluding tert-OH is 2. The van der Waals surface area contributed by atoms with Crippen molar-refractivity contribution >= 4 is 10.0 Å². The molecule has 1 saturated heterocycles. The van der Waals surface area contributed by atoms with E-state index in [1.807, 2.05) is 13.0 Å². The zero-order chi connectivity index (χ0) is 20.0. The zero-order valence-corrected chi connectivity index (χ0v) is 16.9. The molecule has 1 aliphatic heterocycles. The van der Waals surface area contributed by atoms with Crippen LogP contribution in [0.15, 0.2) is 59.5 Å². The third kappa shape index (κ3) is 3.31. The summed E-state index contributed by atoms with van der Waals surface area (Å²) >= 11 is 0. The molecule has 146 valence electrons. The van der Waals surface area contributed by atoms with Crippen LogP contribution in [0.5, 0.6) is 0 Å². The molecule has 0 unspecified atom stereocenters. The standard InChI is InChI=1S/C21H27NO4S/c1-14-10-12-17(13-11-14)27(25,26)22-15(2)21(3,4)20(24)19(23)18(22)16-8-6-5-7-9-16/h5-13,15,18-20,23-24H,1-4H3/t15-,18+,19+,20+/m1/s1. The molecule has 0 radical (unpaired) electrons. The van der Waals surface area contributed by atoms with Crippen molar-refractivity contribution < 1.29 is 18.6 Å². The quantitative estimate of drug-likeness (QED) is 0.846. The third-order valence-corrected chi connectivity index (χ3v) is 7.85. The predicted octanol–water partition coefficient (Wildman–Crippen LogP) is 2.88. The summed E-state index contributed by atoms with van der Waals surface area (Å²) in [6.45, 7) is 7.25. The molecule has 1 heterocycles. The lowest BCUT2D eigenvalue weighted by molar-refractivity contribution is -0.141. The van der Waals surface area contributed by atoms with Gasteiger partial charge in [0.15, 0.2) is 0 Å². The largest absolute Gasteiger partial charge is 0.390 e. The smallest absolute Gasteiger partial charge is 0.243 e. The Labute approximate surface area is 161 Å². The highest BCUT2D eigenvalue weighted by Crippen LogP contribution is 2.46. The first-order chi connectivity index (χ1) is 12.6. The Kier molecular flexibility index (Phi) is 5.20. The fourth-order valence-electron chi connectivity index (χ4n) is 3.76. The van der Waals surface area contributed by atoms with E-state index >= 15 is 0 Å². The van der Waals surface area contributed by atoms with Gasteiger partial charge in [-0.1, -0.05) is 61.9 Å². The fraction of sp³-hybridized carbons (Fsp3) is 0.429. The van der Waals surface area contributed by atoms with Crippen LogP contribution in [0.3, 0.4) is 0 Å². The second-order valence-electron chi connectivity index (χ2n) is 7.94. The van der Waals surface area contributed by atoms with Gasteiger partial charge in [-0.3, -0.25) is 0 Å². The lowest BCUT2D eigenvalue weighted by Crippen LogP contribution is -2.64. The lowest BCUT2D eigenvalue weighted by Gasteiger charge is -2.53. The van der Waals surface area contributed by atoms with Gasteiger partial charge in [0, 0.05) is 11.5 Å². The van der Waals surface area contributed by atoms with Crippen molar-refractivity contribution in [3.63, 3.8) is 0 Å². The molecule has 0 amide bonds. The fourth-order valence-corrected chi connectivity index (χ4v) is 5.72. The summed E-state index contributed by atoms with van der Waals surface area (Å²) < 4.78 is 28.5. The Bertz CT molecular complexity index is 894. The van der Waals surface area contributed by atoms with E-state index in [2.05, 4.69) is 0 Å². The molecule has 1 fully saturated rings. The van der Waals surface area contributed by atoms with Gasteiger partial charge in [0.1, 0.15) is 6.10 Å². The number of rotatable bonds is 3. The van der Waals surface area contributed by atoms with Gasteiger partial charge < -0.3 is 10.2 Å². The molecule has 0 saturated carbocycles. The van der Waals surface area contributed by atoms with Gasteiger partial charge in [-0.15, -0.1) is 0 Å². The van der Waals surface area contributed by atoms with Gasteiger partial charge in [-0.05, 0) is 31.5 Å². The Hall–Kier alpha value is -1.73. The molecule has 4 atom stereocenters. The first-order valence-corrected chi connectivity index (χ1v) is 10.5. The molecule has 0 aliphatic carbocycles. The topological polar surface area (TPSA) is 77.8 Å². The first kappa shape index (κ1) is 20.0. The molecule has 3 rings (SSSR count). The number of aliphatic hydroxyl groups is 2. The molecule has 2 aromatic carbocycles. The minimum Gasteiger partial charge on any atom is -0.390 e. The highest BCUT2D eigenvalue weighted by Gasteiger charge is 2.55. The average Bonchev–Trinajstić information content (AvgIpc) is 2.64. The van der Waals surface area contributed by atoms with Crippen molar-refractivity contribution in [2.75, 3.05) is 0 Å². The van der Waals surface area contributed by atoms with Crippen molar-refractivity contribution in [3.05, 3.63) is 65.7 Å². The summed E-state index contributed by atoms with van der Waals surface area (Å²) in [7, 11) is -3.89. The molecular weight excluding hydrogens is 362 g/mol. The molecule has 0 bridgehead atoms. The number of aryl methyl sites for hydroxylation is 1. The molecule has 0 aromatic heterocycles. The zero-order valence-electron chi connectivity index (χ0n) is 16.1. The van der Waals surface area contributed by atoms with Crippen LogP contribution in [0.2, 0.25) is 0 Å². The van der Waals surface area contributed by atoms with Gasteiger partial charge in [-0.2, -0.15) is 4.31 Å². The molecule has 5 nitrogen and oxygen atoms in total. The van der Waals surface area contributed by atoms with E-state index in [-0.39, 0.29) is 4.90 Å². The molecule has 2 N–H and O–H groups in total. The van der Waals surface area contributed by atoms with Crippen LogP contribution < -0.4 is 0 Å². The van der Waals surface area contributed by atoms with Crippen molar-refractivity contribution in [1.82, 2.24) is 4.31 Å². The second kappa shape index (κ2) is 7.02. The predicted molar refractivity (Wildman–Crippen MR) is 105 cm³/mol. The number of nitrogens with zero attached hydrogens (tertiary/aromatic N) is 1. The van der Waals surface area contributed by atoms with Crippen LogP contribution >= 0.6 is 0 Å². The maximum atomic E-state index is 13.6. The van der Waals surface area contributed by atoms with E-state index < -0.39 is 39.7 Å². The van der Waals surface area contributed by atoms with E-state index in [1.165, 1.54) is 4.31 Å². The maximum absolute atomic E-state index is 13.6. The molecule has 6 heteroatoms. The molecule has 2 aromatic rings. The van der Waals surface area contributed by atoms with E-state index in [0.717, 1.165) is 5.56 Å². The number of piperidine rings is 1.